The van der Waals surface area contributed by atoms with Crippen LogP contribution in [0.1, 0.15) is 32.7 Å². The van der Waals surface area contributed by atoms with Crippen LogP contribution in [0.4, 0.5) is 5.69 Å². The maximum atomic E-state index is 13.3. The number of benzene rings is 4. The number of thiophene rings is 1. The van der Waals surface area contributed by atoms with Crippen molar-refractivity contribution in [3.8, 4) is 0 Å². The number of rotatable bonds is 11. The molecule has 0 atom stereocenters. The number of anilines is 1. The van der Waals surface area contributed by atoms with Gasteiger partial charge in [0.1, 0.15) is 9.90 Å². The second-order valence-electron chi connectivity index (χ2n) is 10.4. The lowest BCUT2D eigenvalue weighted by atomic mass is 9.84. The zero-order chi connectivity index (χ0) is 30.6. The average molecular weight is 638 g/mol. The summed E-state index contributed by atoms with van der Waals surface area (Å²) in [4.78, 5) is 16.5. The van der Waals surface area contributed by atoms with Gasteiger partial charge in [0.05, 0.1) is 16.0 Å². The molecule has 0 fully saturated rings. The van der Waals surface area contributed by atoms with E-state index in [-0.39, 0.29) is 10.1 Å². The fourth-order valence-electron chi connectivity index (χ4n) is 5.44. The van der Waals surface area contributed by atoms with Crippen LogP contribution < -0.4 is 10.0 Å². The minimum Gasteiger partial charge on any atom is -0.350 e. The molecule has 3 N–H and O–H groups in total. The summed E-state index contributed by atoms with van der Waals surface area (Å²) in [5.41, 5.74) is 5.70. The predicted molar refractivity (Wildman–Crippen MR) is 182 cm³/mol. The molecule has 9 heteroatoms. The molecular weight excluding hydrogens is 607 g/mol. The number of aryl methyl sites for hydroxylation is 1. The molecule has 0 aliphatic carbocycles. The number of carbonyl (C=O) groups excluding carboxylic acids is 1. The molecule has 4 aromatic carbocycles. The smallest absolute Gasteiger partial charge is 0.271 e. The Labute approximate surface area is 265 Å². The van der Waals surface area contributed by atoms with Crippen LogP contribution in [0.5, 0.6) is 0 Å². The van der Waals surface area contributed by atoms with Gasteiger partial charge >= 0.3 is 0 Å². The summed E-state index contributed by atoms with van der Waals surface area (Å²) in [7, 11) is -3.74. The zero-order valence-electron chi connectivity index (χ0n) is 24.0. The maximum absolute atomic E-state index is 13.3. The third kappa shape index (κ3) is 6.04. The maximum Gasteiger partial charge on any atom is 0.271 e. The number of carbonyl (C=O) groups is 1. The molecule has 0 bridgehead atoms. The van der Waals surface area contributed by atoms with E-state index >= 15 is 0 Å². The molecule has 222 valence electrons. The molecule has 0 saturated carbocycles. The quantitative estimate of drug-likeness (QED) is 0.0999. The third-order valence-electron chi connectivity index (χ3n) is 7.37. The van der Waals surface area contributed by atoms with Crippen LogP contribution >= 0.6 is 23.1 Å². The summed E-state index contributed by atoms with van der Waals surface area (Å²) in [6.07, 6.45) is 0. The summed E-state index contributed by atoms with van der Waals surface area (Å²) in [5.74, 6) is 0.395. The topological polar surface area (TPSA) is 91.1 Å². The lowest BCUT2D eigenvalue weighted by Gasteiger charge is -2.35. The van der Waals surface area contributed by atoms with Gasteiger partial charge in [-0.3, -0.25) is 9.52 Å². The van der Waals surface area contributed by atoms with Crippen molar-refractivity contribution >= 4 is 55.6 Å². The van der Waals surface area contributed by atoms with E-state index in [0.29, 0.717) is 29.2 Å². The van der Waals surface area contributed by atoms with Crippen molar-refractivity contribution in [3.05, 3.63) is 155 Å². The Bertz CT molecular complexity index is 1880. The summed E-state index contributed by atoms with van der Waals surface area (Å²) in [6.45, 7) is 2.33. The van der Waals surface area contributed by atoms with Crippen molar-refractivity contribution in [2.75, 3.05) is 17.0 Å². The highest BCUT2D eigenvalue weighted by molar-refractivity contribution is 8.00. The van der Waals surface area contributed by atoms with Crippen LogP contribution in [0, 0.1) is 6.92 Å². The number of thioether (sulfide) groups is 1. The molecule has 2 heterocycles. The zero-order valence-corrected chi connectivity index (χ0v) is 26.4. The number of nitrogens with one attached hydrogen (secondary N) is 3. The van der Waals surface area contributed by atoms with Crippen LogP contribution in [0.3, 0.4) is 0 Å². The minimum absolute atomic E-state index is 0.228. The Morgan fingerprint density at radius 3 is 1.95 bits per heavy atom. The number of aromatic nitrogens is 1. The van der Waals surface area contributed by atoms with Crippen molar-refractivity contribution < 1.29 is 13.2 Å². The van der Waals surface area contributed by atoms with Gasteiger partial charge in [0, 0.05) is 17.7 Å². The van der Waals surface area contributed by atoms with E-state index in [1.165, 1.54) is 0 Å². The van der Waals surface area contributed by atoms with Gasteiger partial charge < -0.3 is 10.3 Å². The lowest BCUT2D eigenvalue weighted by Crippen LogP contribution is -2.30. The fraction of sp³-hybridized carbons (Fsp3) is 0.114. The largest absolute Gasteiger partial charge is 0.350 e. The van der Waals surface area contributed by atoms with Gasteiger partial charge in [-0.05, 0) is 58.8 Å². The molecule has 1 amide bonds. The third-order valence-corrected chi connectivity index (χ3v) is 11.7. The predicted octanol–water partition coefficient (Wildman–Crippen LogP) is 7.79. The van der Waals surface area contributed by atoms with Crippen molar-refractivity contribution in [2.24, 2.45) is 0 Å². The van der Waals surface area contributed by atoms with Gasteiger partial charge in [0.25, 0.3) is 15.9 Å². The van der Waals surface area contributed by atoms with Crippen LogP contribution in [0.15, 0.2) is 131 Å². The molecule has 0 unspecified atom stereocenters. The molecule has 6 aromatic rings. The van der Waals surface area contributed by atoms with Crippen LogP contribution in [0.2, 0.25) is 0 Å². The fourth-order valence-corrected chi connectivity index (χ4v) is 8.91. The van der Waals surface area contributed by atoms with Gasteiger partial charge in [-0.15, -0.1) is 23.1 Å². The van der Waals surface area contributed by atoms with Crippen LogP contribution in [-0.2, 0) is 14.8 Å². The molecule has 2 aromatic heterocycles. The normalized spacial score (nSPS) is 11.8. The first-order chi connectivity index (χ1) is 21.4. The Kier molecular flexibility index (Phi) is 8.61. The van der Waals surface area contributed by atoms with E-state index in [1.54, 1.807) is 41.4 Å². The Balaban J connectivity index is 1.23. The molecule has 0 spiro atoms. The van der Waals surface area contributed by atoms with E-state index in [9.17, 15) is 13.2 Å². The molecule has 6 rings (SSSR count). The number of amides is 1. The molecule has 0 radical (unpaired) electrons. The lowest BCUT2D eigenvalue weighted by molar-refractivity contribution is 0.0952. The number of aromatic amines is 1. The standard InChI is InChI=1S/C35H31N3O3S3/c1-25-22-26-24-31(37-33(26)30(23-25)38-44(40,41)32-18-11-20-42-32)34(39)36-19-21-43-35(27-12-5-2-6-13-27,28-14-7-3-8-15-28)29-16-9-4-10-17-29/h2-18,20,22-24,37-38H,19,21H2,1H3,(H,36,39). The van der Waals surface area contributed by atoms with Crippen molar-refractivity contribution in [1.82, 2.24) is 10.3 Å². The first kappa shape index (κ1) is 29.7. The monoisotopic (exact) mass is 637 g/mol. The Hall–Kier alpha value is -4.31. The van der Waals surface area contributed by atoms with Gasteiger partial charge in [0.15, 0.2) is 0 Å². The van der Waals surface area contributed by atoms with E-state index in [1.807, 2.05) is 31.2 Å². The second kappa shape index (κ2) is 12.7. The molecular formula is C35H31N3O3S3. The van der Waals surface area contributed by atoms with Crippen LogP contribution in [-0.4, -0.2) is 31.6 Å². The number of hydrogen-bond donors (Lipinski definition) is 3. The summed E-state index contributed by atoms with van der Waals surface area (Å²) >= 11 is 2.93. The van der Waals surface area contributed by atoms with Crippen molar-refractivity contribution in [2.45, 2.75) is 15.9 Å². The molecule has 0 aliphatic rings. The van der Waals surface area contributed by atoms with Gasteiger partial charge in [-0.1, -0.05) is 97.1 Å². The highest BCUT2D eigenvalue weighted by Crippen LogP contribution is 2.48. The van der Waals surface area contributed by atoms with Crippen LogP contribution in [0.25, 0.3) is 10.9 Å². The van der Waals surface area contributed by atoms with Gasteiger partial charge in [-0.25, -0.2) is 8.42 Å². The van der Waals surface area contributed by atoms with E-state index in [2.05, 4.69) is 87.8 Å². The number of sulfonamides is 1. The van der Waals surface area contributed by atoms with E-state index < -0.39 is 14.8 Å². The Morgan fingerprint density at radius 1 is 0.818 bits per heavy atom. The summed E-state index contributed by atoms with van der Waals surface area (Å²) < 4.78 is 28.3. The van der Waals surface area contributed by atoms with Crippen molar-refractivity contribution in [3.63, 3.8) is 0 Å². The first-order valence-corrected chi connectivity index (χ1v) is 17.5. The number of H-pyrrole nitrogens is 1. The first-order valence-electron chi connectivity index (χ1n) is 14.2. The molecule has 0 aliphatic heterocycles. The Morgan fingerprint density at radius 2 is 1.41 bits per heavy atom. The SMILES string of the molecule is Cc1cc(NS(=O)(=O)c2cccs2)c2[nH]c(C(=O)NCCSC(c3ccccc3)(c3ccccc3)c3ccccc3)cc2c1. The number of fused-ring (bicyclic) bond motifs is 1. The minimum atomic E-state index is -3.74. The van der Waals surface area contributed by atoms with E-state index in [4.69, 9.17) is 0 Å². The average Bonchev–Trinajstić information content (AvgIpc) is 3.74. The molecule has 6 nitrogen and oxygen atoms in total. The summed E-state index contributed by atoms with van der Waals surface area (Å²) in [5, 5.41) is 5.54. The highest BCUT2D eigenvalue weighted by Gasteiger charge is 2.36. The molecule has 44 heavy (non-hydrogen) atoms. The van der Waals surface area contributed by atoms with Gasteiger partial charge in [-0.2, -0.15) is 0 Å². The van der Waals surface area contributed by atoms with Crippen molar-refractivity contribution in [1.29, 1.82) is 0 Å². The van der Waals surface area contributed by atoms with E-state index in [0.717, 1.165) is 39.0 Å². The summed E-state index contributed by atoms with van der Waals surface area (Å²) in [6, 6.07) is 40.1. The second-order valence-corrected chi connectivity index (χ2v) is 14.5. The number of hydrogen-bond acceptors (Lipinski definition) is 5. The molecule has 0 saturated heterocycles. The van der Waals surface area contributed by atoms with Gasteiger partial charge in [0.2, 0.25) is 0 Å². The highest BCUT2D eigenvalue weighted by atomic mass is 32.2.